The van der Waals surface area contributed by atoms with Crippen molar-refractivity contribution in [2.45, 2.75) is 6.18 Å². The molecular weight excluding hydrogens is 345 g/mol. The number of ether oxygens (including phenoxy) is 1. The SMILES string of the molecule is COCCNCCNC(=O)c1ccccc1-c1ccc(C(F)(F)F)cc1. The molecule has 0 fully saturated rings. The van der Waals surface area contributed by atoms with Gasteiger partial charge in [-0.3, -0.25) is 4.79 Å². The summed E-state index contributed by atoms with van der Waals surface area (Å²) >= 11 is 0. The predicted octanol–water partition coefficient (Wildman–Crippen LogP) is 3.34. The van der Waals surface area contributed by atoms with Gasteiger partial charge in [0.15, 0.2) is 0 Å². The molecule has 2 aromatic carbocycles. The molecule has 2 N–H and O–H groups in total. The molecule has 0 unspecified atom stereocenters. The number of alkyl halides is 3. The van der Waals surface area contributed by atoms with E-state index in [1.165, 1.54) is 12.1 Å². The van der Waals surface area contributed by atoms with E-state index in [4.69, 9.17) is 4.74 Å². The average molecular weight is 366 g/mol. The molecule has 2 aromatic rings. The van der Waals surface area contributed by atoms with Crippen LogP contribution in [0.2, 0.25) is 0 Å². The number of halogens is 3. The molecule has 0 radical (unpaired) electrons. The maximum Gasteiger partial charge on any atom is 0.416 e. The number of carbonyl (C=O) groups is 1. The van der Waals surface area contributed by atoms with E-state index in [1.807, 2.05) is 0 Å². The highest BCUT2D eigenvalue weighted by molar-refractivity contribution is 6.00. The van der Waals surface area contributed by atoms with Crippen LogP contribution in [0.15, 0.2) is 48.5 Å². The van der Waals surface area contributed by atoms with Crippen LogP contribution in [0.4, 0.5) is 13.2 Å². The van der Waals surface area contributed by atoms with E-state index in [2.05, 4.69) is 10.6 Å². The topological polar surface area (TPSA) is 50.4 Å². The number of hydrogen-bond donors (Lipinski definition) is 2. The second-order valence-corrected chi connectivity index (χ2v) is 5.62. The summed E-state index contributed by atoms with van der Waals surface area (Å²) in [5, 5.41) is 5.91. The minimum absolute atomic E-state index is 0.269. The Morgan fingerprint density at radius 1 is 1.00 bits per heavy atom. The molecule has 0 heterocycles. The van der Waals surface area contributed by atoms with Gasteiger partial charge in [-0.1, -0.05) is 30.3 Å². The molecule has 0 spiro atoms. The molecule has 0 bridgehead atoms. The summed E-state index contributed by atoms with van der Waals surface area (Å²) in [7, 11) is 1.61. The normalized spacial score (nSPS) is 11.4. The summed E-state index contributed by atoms with van der Waals surface area (Å²) in [5.41, 5.74) is 0.850. The summed E-state index contributed by atoms with van der Waals surface area (Å²) in [6.45, 7) is 2.31. The quantitative estimate of drug-likeness (QED) is 0.705. The van der Waals surface area contributed by atoms with E-state index >= 15 is 0 Å². The van der Waals surface area contributed by atoms with Gasteiger partial charge in [0.25, 0.3) is 5.91 Å². The van der Waals surface area contributed by atoms with Crippen molar-refractivity contribution >= 4 is 5.91 Å². The van der Waals surface area contributed by atoms with E-state index < -0.39 is 11.7 Å². The van der Waals surface area contributed by atoms with Gasteiger partial charge in [0.1, 0.15) is 0 Å². The molecule has 2 rings (SSSR count). The van der Waals surface area contributed by atoms with Gasteiger partial charge in [-0.05, 0) is 29.3 Å². The van der Waals surface area contributed by atoms with Crippen LogP contribution in [0.1, 0.15) is 15.9 Å². The standard InChI is InChI=1S/C19H21F3N2O2/c1-26-13-12-23-10-11-24-18(25)17-5-3-2-4-16(17)14-6-8-15(9-7-14)19(20,21)22/h2-9,23H,10-13H2,1H3,(H,24,25). The zero-order valence-corrected chi connectivity index (χ0v) is 14.4. The lowest BCUT2D eigenvalue weighted by molar-refractivity contribution is -0.137. The summed E-state index contributed by atoms with van der Waals surface area (Å²) in [4.78, 5) is 12.4. The van der Waals surface area contributed by atoms with Gasteiger partial charge in [0.2, 0.25) is 0 Å². The Labute approximate surface area is 150 Å². The Morgan fingerprint density at radius 2 is 1.69 bits per heavy atom. The number of rotatable bonds is 8. The average Bonchev–Trinajstić information content (AvgIpc) is 2.64. The second-order valence-electron chi connectivity index (χ2n) is 5.62. The smallest absolute Gasteiger partial charge is 0.383 e. The van der Waals surface area contributed by atoms with Gasteiger partial charge in [0, 0.05) is 32.3 Å². The lowest BCUT2D eigenvalue weighted by atomic mass is 9.98. The lowest BCUT2D eigenvalue weighted by Crippen LogP contribution is -2.33. The first-order valence-corrected chi connectivity index (χ1v) is 8.18. The van der Waals surface area contributed by atoms with E-state index in [0.717, 1.165) is 12.1 Å². The van der Waals surface area contributed by atoms with Crippen molar-refractivity contribution in [1.29, 1.82) is 0 Å². The minimum atomic E-state index is -4.38. The molecule has 26 heavy (non-hydrogen) atoms. The van der Waals surface area contributed by atoms with Gasteiger partial charge in [-0.2, -0.15) is 13.2 Å². The van der Waals surface area contributed by atoms with Crippen LogP contribution in [0.3, 0.4) is 0 Å². The van der Waals surface area contributed by atoms with Gasteiger partial charge in [0.05, 0.1) is 12.2 Å². The second kappa shape index (κ2) is 9.35. The molecule has 0 aliphatic heterocycles. The molecule has 0 atom stereocenters. The van der Waals surface area contributed by atoms with Crippen molar-refractivity contribution in [2.75, 3.05) is 33.4 Å². The molecular formula is C19H21F3N2O2. The van der Waals surface area contributed by atoms with Crippen molar-refractivity contribution in [3.05, 3.63) is 59.7 Å². The van der Waals surface area contributed by atoms with Gasteiger partial charge >= 0.3 is 6.18 Å². The van der Waals surface area contributed by atoms with Gasteiger partial charge in [-0.15, -0.1) is 0 Å². The zero-order chi connectivity index (χ0) is 19.0. The maximum atomic E-state index is 12.7. The van der Waals surface area contributed by atoms with Crippen LogP contribution in [0, 0.1) is 0 Å². The van der Waals surface area contributed by atoms with Crippen molar-refractivity contribution in [1.82, 2.24) is 10.6 Å². The monoisotopic (exact) mass is 366 g/mol. The van der Waals surface area contributed by atoms with Gasteiger partial charge < -0.3 is 15.4 Å². The molecule has 0 saturated heterocycles. The van der Waals surface area contributed by atoms with E-state index in [-0.39, 0.29) is 5.91 Å². The summed E-state index contributed by atoms with van der Waals surface area (Å²) in [5.74, 6) is -0.269. The zero-order valence-electron chi connectivity index (χ0n) is 14.4. The molecule has 0 aromatic heterocycles. The van der Waals surface area contributed by atoms with E-state index in [0.29, 0.717) is 42.9 Å². The minimum Gasteiger partial charge on any atom is -0.383 e. The molecule has 0 aliphatic rings. The number of nitrogens with one attached hydrogen (secondary N) is 2. The third kappa shape index (κ3) is 5.57. The molecule has 7 heteroatoms. The Hall–Kier alpha value is -2.38. The Balaban J connectivity index is 2.06. The number of benzene rings is 2. The lowest BCUT2D eigenvalue weighted by Gasteiger charge is -2.12. The first-order chi connectivity index (χ1) is 12.4. The fourth-order valence-corrected chi connectivity index (χ4v) is 2.43. The number of hydrogen-bond acceptors (Lipinski definition) is 3. The number of amides is 1. The highest BCUT2D eigenvalue weighted by atomic mass is 19.4. The number of methoxy groups -OCH3 is 1. The van der Waals surface area contributed by atoms with Crippen molar-refractivity contribution in [2.24, 2.45) is 0 Å². The summed E-state index contributed by atoms with van der Waals surface area (Å²) in [6.07, 6.45) is -4.38. The third-order valence-electron chi connectivity index (χ3n) is 3.77. The number of carbonyl (C=O) groups excluding carboxylic acids is 1. The first-order valence-electron chi connectivity index (χ1n) is 8.18. The maximum absolute atomic E-state index is 12.7. The third-order valence-corrected chi connectivity index (χ3v) is 3.77. The molecule has 0 saturated carbocycles. The van der Waals surface area contributed by atoms with Crippen molar-refractivity contribution < 1.29 is 22.7 Å². The highest BCUT2D eigenvalue weighted by Crippen LogP contribution is 2.31. The largest absolute Gasteiger partial charge is 0.416 e. The fourth-order valence-electron chi connectivity index (χ4n) is 2.43. The predicted molar refractivity (Wildman–Crippen MR) is 94.0 cm³/mol. The Bertz CT molecular complexity index is 715. The molecule has 1 amide bonds. The molecule has 0 aliphatic carbocycles. The van der Waals surface area contributed by atoms with Crippen LogP contribution in [-0.2, 0) is 10.9 Å². The van der Waals surface area contributed by atoms with Crippen LogP contribution in [-0.4, -0.2) is 39.3 Å². The van der Waals surface area contributed by atoms with Crippen LogP contribution >= 0.6 is 0 Å². The van der Waals surface area contributed by atoms with Crippen molar-refractivity contribution in [3.8, 4) is 11.1 Å². The van der Waals surface area contributed by atoms with Crippen LogP contribution < -0.4 is 10.6 Å². The molecule has 140 valence electrons. The van der Waals surface area contributed by atoms with E-state index in [9.17, 15) is 18.0 Å². The Kier molecular flexibility index (Phi) is 7.17. The Morgan fingerprint density at radius 3 is 2.35 bits per heavy atom. The fraction of sp³-hybridized carbons (Fsp3) is 0.316. The summed E-state index contributed by atoms with van der Waals surface area (Å²) < 4.78 is 43.0. The van der Waals surface area contributed by atoms with Gasteiger partial charge in [-0.25, -0.2) is 0 Å². The molecule has 4 nitrogen and oxygen atoms in total. The summed E-state index contributed by atoms with van der Waals surface area (Å²) in [6, 6.07) is 11.6. The van der Waals surface area contributed by atoms with Crippen molar-refractivity contribution in [3.63, 3.8) is 0 Å². The first kappa shape index (κ1) is 19.9. The van der Waals surface area contributed by atoms with E-state index in [1.54, 1.807) is 31.4 Å². The van der Waals surface area contributed by atoms with Crippen LogP contribution in [0.5, 0.6) is 0 Å². The van der Waals surface area contributed by atoms with Crippen LogP contribution in [0.25, 0.3) is 11.1 Å². The highest BCUT2D eigenvalue weighted by Gasteiger charge is 2.30.